The third-order valence-electron chi connectivity index (χ3n) is 4.73. The average Bonchev–Trinajstić information content (AvgIpc) is 2.52. The number of aliphatic hydroxyl groups excluding tert-OH is 1. The van der Waals surface area contributed by atoms with Crippen molar-refractivity contribution in [3.8, 4) is 0 Å². The Bertz CT molecular complexity index is 368. The van der Waals surface area contributed by atoms with Crippen LogP contribution in [-0.4, -0.2) is 29.4 Å². The molecule has 0 aromatic carbocycles. The van der Waals surface area contributed by atoms with Gasteiger partial charge < -0.3 is 5.11 Å². The van der Waals surface area contributed by atoms with Gasteiger partial charge in [-0.15, -0.1) is 0 Å². The molecule has 0 aliphatic rings. The molecule has 0 radical (unpaired) electrons. The Kier molecular flexibility index (Phi) is 15.1. The predicted molar refractivity (Wildman–Crippen MR) is 102 cm³/mol. The zero-order valence-electron chi connectivity index (χ0n) is 15.9. The molecule has 0 bridgehead atoms. The van der Waals surface area contributed by atoms with Gasteiger partial charge in [0.1, 0.15) is 0 Å². The van der Waals surface area contributed by atoms with E-state index in [4.69, 9.17) is 0 Å². The summed E-state index contributed by atoms with van der Waals surface area (Å²) in [5.41, 5.74) is 0. The van der Waals surface area contributed by atoms with Crippen LogP contribution in [0, 0.1) is 0 Å². The second-order valence-corrected chi connectivity index (χ2v) is 8.84. The van der Waals surface area contributed by atoms with Crippen molar-refractivity contribution >= 4 is 10.1 Å². The molecule has 0 heterocycles. The summed E-state index contributed by atoms with van der Waals surface area (Å²) in [7, 11) is -4.04. The van der Waals surface area contributed by atoms with Crippen molar-refractivity contribution < 1.29 is 18.1 Å². The van der Waals surface area contributed by atoms with E-state index in [9.17, 15) is 18.1 Å². The molecule has 2 atom stereocenters. The number of rotatable bonds is 17. The molecule has 2 N–H and O–H groups in total. The summed E-state index contributed by atoms with van der Waals surface area (Å²) in [6, 6.07) is 0. The van der Waals surface area contributed by atoms with E-state index < -0.39 is 21.5 Å². The van der Waals surface area contributed by atoms with E-state index in [0.717, 1.165) is 25.7 Å². The molecule has 0 aliphatic heterocycles. The van der Waals surface area contributed by atoms with E-state index in [1.54, 1.807) is 0 Å². The van der Waals surface area contributed by atoms with Crippen molar-refractivity contribution in [3.63, 3.8) is 0 Å². The van der Waals surface area contributed by atoms with Crippen LogP contribution in [0.2, 0.25) is 0 Å². The van der Waals surface area contributed by atoms with E-state index in [0.29, 0.717) is 12.8 Å². The number of aliphatic hydroxyl groups is 1. The monoisotopic (exact) mass is 364 g/mol. The molecule has 0 fully saturated rings. The van der Waals surface area contributed by atoms with Crippen LogP contribution in [0.4, 0.5) is 0 Å². The van der Waals surface area contributed by atoms with Gasteiger partial charge in [0.05, 0.1) is 11.4 Å². The molecule has 0 aromatic rings. The van der Waals surface area contributed by atoms with Crippen molar-refractivity contribution in [1.29, 1.82) is 0 Å². The van der Waals surface area contributed by atoms with Crippen LogP contribution in [0.5, 0.6) is 0 Å². The molecule has 5 heteroatoms. The highest BCUT2D eigenvalue weighted by atomic mass is 32.2. The van der Waals surface area contributed by atoms with Gasteiger partial charge in [-0.1, -0.05) is 90.9 Å². The molecule has 4 nitrogen and oxygen atoms in total. The SMILES string of the molecule is CCCCCCCCCCCCC(O)CC(CCCC)S(=O)(=O)O. The fraction of sp³-hybridized carbons (Fsp3) is 1.00. The Hall–Kier alpha value is -0.130. The molecule has 0 aromatic heterocycles. The highest BCUT2D eigenvalue weighted by Gasteiger charge is 2.25. The Morgan fingerprint density at radius 2 is 1.17 bits per heavy atom. The molecule has 0 amide bonds. The van der Waals surface area contributed by atoms with E-state index in [-0.39, 0.29) is 6.42 Å². The maximum absolute atomic E-state index is 11.4. The number of hydrogen-bond donors (Lipinski definition) is 2. The van der Waals surface area contributed by atoms with Crippen LogP contribution in [0.25, 0.3) is 0 Å². The first kappa shape index (κ1) is 23.9. The normalized spacial score (nSPS) is 14.7. The molecular formula is C19H40O4S. The maximum atomic E-state index is 11.4. The van der Waals surface area contributed by atoms with Crippen molar-refractivity contribution in [3.05, 3.63) is 0 Å². The minimum Gasteiger partial charge on any atom is -0.393 e. The fourth-order valence-electron chi connectivity index (χ4n) is 3.11. The first-order valence-corrected chi connectivity index (χ1v) is 11.6. The van der Waals surface area contributed by atoms with Crippen LogP contribution < -0.4 is 0 Å². The molecule has 0 spiro atoms. The predicted octanol–water partition coefficient (Wildman–Crippen LogP) is 5.50. The largest absolute Gasteiger partial charge is 0.393 e. The van der Waals surface area contributed by atoms with Gasteiger partial charge >= 0.3 is 0 Å². The topological polar surface area (TPSA) is 74.6 Å². The molecule has 146 valence electrons. The van der Waals surface area contributed by atoms with Crippen molar-refractivity contribution in [2.45, 2.75) is 122 Å². The second kappa shape index (κ2) is 15.2. The van der Waals surface area contributed by atoms with Crippen LogP contribution in [0.3, 0.4) is 0 Å². The summed E-state index contributed by atoms with van der Waals surface area (Å²) in [5.74, 6) is 0. The number of hydrogen-bond acceptors (Lipinski definition) is 3. The van der Waals surface area contributed by atoms with E-state index in [1.165, 1.54) is 51.4 Å². The van der Waals surface area contributed by atoms with Gasteiger partial charge in [-0.25, -0.2) is 0 Å². The summed E-state index contributed by atoms with van der Waals surface area (Å²) >= 11 is 0. The summed E-state index contributed by atoms with van der Waals surface area (Å²) < 4.78 is 32.0. The van der Waals surface area contributed by atoms with Crippen molar-refractivity contribution in [1.82, 2.24) is 0 Å². The molecule has 2 unspecified atom stereocenters. The quantitative estimate of drug-likeness (QED) is 0.264. The minimum atomic E-state index is -4.04. The fourth-order valence-corrected chi connectivity index (χ4v) is 4.04. The number of unbranched alkanes of at least 4 members (excludes halogenated alkanes) is 10. The minimum absolute atomic E-state index is 0.163. The van der Waals surface area contributed by atoms with Gasteiger partial charge in [0.15, 0.2) is 0 Å². The third kappa shape index (κ3) is 14.2. The zero-order valence-corrected chi connectivity index (χ0v) is 16.7. The smallest absolute Gasteiger partial charge is 0.267 e. The second-order valence-electron chi connectivity index (χ2n) is 7.14. The molecule has 0 aliphatic carbocycles. The van der Waals surface area contributed by atoms with Crippen molar-refractivity contribution in [2.24, 2.45) is 0 Å². The zero-order chi connectivity index (χ0) is 18.3. The van der Waals surface area contributed by atoms with Gasteiger partial charge in [-0.2, -0.15) is 8.42 Å². The Labute approximate surface area is 150 Å². The van der Waals surface area contributed by atoms with Gasteiger partial charge in [-0.3, -0.25) is 4.55 Å². The lowest BCUT2D eigenvalue weighted by Crippen LogP contribution is -2.26. The van der Waals surface area contributed by atoms with Crippen LogP contribution in [0.1, 0.15) is 110 Å². The lowest BCUT2D eigenvalue weighted by atomic mass is 10.0. The van der Waals surface area contributed by atoms with Crippen LogP contribution >= 0.6 is 0 Å². The van der Waals surface area contributed by atoms with Gasteiger partial charge in [0, 0.05) is 0 Å². The van der Waals surface area contributed by atoms with Crippen molar-refractivity contribution in [2.75, 3.05) is 0 Å². The van der Waals surface area contributed by atoms with E-state index in [1.807, 2.05) is 6.92 Å². The van der Waals surface area contributed by atoms with Crippen LogP contribution in [0.15, 0.2) is 0 Å². The molecule has 0 saturated heterocycles. The standard InChI is InChI=1S/C19H40O4S/c1-3-5-7-8-9-10-11-12-13-14-15-18(20)17-19(16-6-4-2)24(21,22)23/h18-20H,3-17H2,1-2H3,(H,21,22,23). The molecule has 0 rings (SSSR count). The Morgan fingerprint density at radius 3 is 1.62 bits per heavy atom. The molecular weight excluding hydrogens is 324 g/mol. The molecule has 24 heavy (non-hydrogen) atoms. The highest BCUT2D eigenvalue weighted by molar-refractivity contribution is 7.86. The average molecular weight is 365 g/mol. The lowest BCUT2D eigenvalue weighted by molar-refractivity contribution is 0.147. The van der Waals surface area contributed by atoms with E-state index >= 15 is 0 Å². The summed E-state index contributed by atoms with van der Waals surface area (Å²) in [4.78, 5) is 0. The maximum Gasteiger partial charge on any atom is 0.267 e. The van der Waals surface area contributed by atoms with Gasteiger partial charge in [-0.05, 0) is 19.3 Å². The Balaban J connectivity index is 3.68. The Morgan fingerprint density at radius 1 is 0.708 bits per heavy atom. The van der Waals surface area contributed by atoms with Gasteiger partial charge in [0.25, 0.3) is 10.1 Å². The summed E-state index contributed by atoms with van der Waals surface area (Å²) in [5, 5.41) is 9.22. The molecule has 0 saturated carbocycles. The van der Waals surface area contributed by atoms with Gasteiger partial charge in [0.2, 0.25) is 0 Å². The van der Waals surface area contributed by atoms with Crippen LogP contribution in [-0.2, 0) is 10.1 Å². The first-order chi connectivity index (χ1) is 11.4. The first-order valence-electron chi connectivity index (χ1n) is 10.1. The highest BCUT2D eigenvalue weighted by Crippen LogP contribution is 2.19. The third-order valence-corrected chi connectivity index (χ3v) is 6.00. The summed E-state index contributed by atoms with van der Waals surface area (Å²) in [6.45, 7) is 4.22. The summed E-state index contributed by atoms with van der Waals surface area (Å²) in [6.07, 6.45) is 14.7. The van der Waals surface area contributed by atoms with E-state index in [2.05, 4.69) is 6.92 Å². The lowest BCUT2D eigenvalue weighted by Gasteiger charge is -2.17.